The van der Waals surface area contributed by atoms with Gasteiger partial charge in [0.05, 0.1) is 0 Å². The molecular formula is C21H26N6O4S. The zero-order valence-electron chi connectivity index (χ0n) is 18.3. The first-order chi connectivity index (χ1) is 15.2. The molecule has 0 bridgehead atoms. The Morgan fingerprint density at radius 2 is 1.84 bits per heavy atom. The van der Waals surface area contributed by atoms with Crippen molar-refractivity contribution in [1.82, 2.24) is 28.8 Å². The predicted octanol–water partition coefficient (Wildman–Crippen LogP) is 1.22. The van der Waals surface area contributed by atoms with Crippen molar-refractivity contribution in [3.05, 3.63) is 47.0 Å². The van der Waals surface area contributed by atoms with Gasteiger partial charge in [-0.25, -0.2) is 17.9 Å². The molecule has 1 N–H and O–H groups in total. The maximum Gasteiger partial charge on any atom is 0.252 e. The van der Waals surface area contributed by atoms with Gasteiger partial charge in [0.2, 0.25) is 15.9 Å². The van der Waals surface area contributed by atoms with E-state index in [1.54, 1.807) is 22.4 Å². The van der Waals surface area contributed by atoms with Crippen LogP contribution in [0.15, 0.2) is 29.4 Å². The molecule has 1 aliphatic rings. The number of piperazine rings is 1. The number of nitrogens with zero attached hydrogens (tertiary/aromatic N) is 6. The summed E-state index contributed by atoms with van der Waals surface area (Å²) in [7, 11) is -3.82. The average molecular weight is 459 g/mol. The topological polar surface area (TPSA) is 121 Å². The fourth-order valence-electron chi connectivity index (χ4n) is 4.05. The Bertz CT molecular complexity index is 1280. The molecule has 2 aromatic heterocycles. The monoisotopic (exact) mass is 458 g/mol. The van der Waals surface area contributed by atoms with Crippen LogP contribution in [0.1, 0.15) is 28.9 Å². The van der Waals surface area contributed by atoms with Gasteiger partial charge < -0.3 is 10.0 Å². The van der Waals surface area contributed by atoms with Gasteiger partial charge in [-0.2, -0.15) is 14.4 Å². The van der Waals surface area contributed by atoms with E-state index in [9.17, 15) is 18.3 Å². The van der Waals surface area contributed by atoms with Gasteiger partial charge in [0.15, 0.2) is 0 Å². The van der Waals surface area contributed by atoms with Crippen LogP contribution in [0.25, 0.3) is 5.78 Å². The molecule has 32 heavy (non-hydrogen) atoms. The van der Waals surface area contributed by atoms with Crippen LogP contribution in [0, 0.1) is 20.8 Å². The quantitative estimate of drug-likeness (QED) is 0.610. The lowest BCUT2D eigenvalue weighted by atomic mass is 10.1. The molecule has 1 aromatic carbocycles. The summed E-state index contributed by atoms with van der Waals surface area (Å²) in [4.78, 5) is 22.9. The summed E-state index contributed by atoms with van der Waals surface area (Å²) in [5.41, 5.74) is 3.45. The van der Waals surface area contributed by atoms with Crippen LogP contribution < -0.4 is 0 Å². The van der Waals surface area contributed by atoms with Gasteiger partial charge in [0.1, 0.15) is 17.0 Å². The van der Waals surface area contributed by atoms with Gasteiger partial charge in [0.25, 0.3) is 5.78 Å². The molecule has 0 spiro atoms. The van der Waals surface area contributed by atoms with Gasteiger partial charge in [-0.15, -0.1) is 0 Å². The number of sulfonamides is 1. The maximum absolute atomic E-state index is 12.9. The average Bonchev–Trinajstić information content (AvgIpc) is 3.23. The number of hydrogen-bond donors (Lipinski definition) is 1. The highest BCUT2D eigenvalue weighted by Crippen LogP contribution is 2.27. The molecular weight excluding hydrogens is 432 g/mol. The third kappa shape index (κ3) is 4.05. The predicted molar refractivity (Wildman–Crippen MR) is 117 cm³/mol. The van der Waals surface area contributed by atoms with Crippen molar-refractivity contribution in [2.45, 2.75) is 38.5 Å². The van der Waals surface area contributed by atoms with Crippen molar-refractivity contribution in [3.63, 3.8) is 0 Å². The van der Waals surface area contributed by atoms with E-state index in [1.165, 1.54) is 22.8 Å². The molecule has 0 radical (unpaired) electrons. The molecule has 11 heteroatoms. The Morgan fingerprint density at radius 3 is 2.56 bits per heavy atom. The van der Waals surface area contributed by atoms with Crippen LogP contribution in [0.3, 0.4) is 0 Å². The first-order valence-corrected chi connectivity index (χ1v) is 11.9. The van der Waals surface area contributed by atoms with E-state index in [0.717, 1.165) is 22.5 Å². The SMILES string of the molecule is Cc1ccc(O)c(S(=O)(=O)N2CCN(C(=O)CCc3c(C)nc4ncnn4c3C)CC2)c1. The number of carbonyl (C=O) groups excluding carboxylic acids is 1. The molecule has 0 atom stereocenters. The highest BCUT2D eigenvalue weighted by Gasteiger charge is 2.32. The van der Waals surface area contributed by atoms with Gasteiger partial charge in [-0.05, 0) is 50.5 Å². The second kappa shape index (κ2) is 8.47. The molecule has 1 amide bonds. The highest BCUT2D eigenvalue weighted by atomic mass is 32.2. The number of aryl methyl sites for hydroxylation is 3. The lowest BCUT2D eigenvalue weighted by molar-refractivity contribution is -0.132. The summed E-state index contributed by atoms with van der Waals surface area (Å²) in [5.74, 6) is 0.239. The summed E-state index contributed by atoms with van der Waals surface area (Å²) in [6.45, 7) is 6.59. The molecule has 1 aliphatic heterocycles. The lowest BCUT2D eigenvalue weighted by Gasteiger charge is -2.34. The zero-order valence-corrected chi connectivity index (χ0v) is 19.1. The van der Waals surface area contributed by atoms with Crippen LogP contribution in [0.5, 0.6) is 5.75 Å². The number of amides is 1. The van der Waals surface area contributed by atoms with Crippen molar-refractivity contribution in [2.75, 3.05) is 26.2 Å². The Kier molecular flexibility index (Phi) is 5.87. The van der Waals surface area contributed by atoms with E-state index in [4.69, 9.17) is 0 Å². The molecule has 1 saturated heterocycles. The normalized spacial score (nSPS) is 15.4. The third-order valence-electron chi connectivity index (χ3n) is 5.90. The van der Waals surface area contributed by atoms with Crippen molar-refractivity contribution < 1.29 is 18.3 Å². The molecule has 1 fully saturated rings. The van der Waals surface area contributed by atoms with Crippen molar-refractivity contribution in [1.29, 1.82) is 0 Å². The first kappa shape index (κ1) is 22.2. The van der Waals surface area contributed by atoms with Crippen molar-refractivity contribution >= 4 is 21.7 Å². The number of rotatable bonds is 5. The molecule has 3 heterocycles. The second-order valence-corrected chi connectivity index (χ2v) is 9.90. The Hall–Kier alpha value is -3.05. The molecule has 4 rings (SSSR count). The van der Waals surface area contributed by atoms with E-state index >= 15 is 0 Å². The Morgan fingerprint density at radius 1 is 1.12 bits per heavy atom. The smallest absolute Gasteiger partial charge is 0.252 e. The van der Waals surface area contributed by atoms with Crippen LogP contribution in [-0.2, 0) is 21.2 Å². The number of phenolic OH excluding ortho intramolecular Hbond substituents is 1. The van der Waals surface area contributed by atoms with E-state index in [1.807, 2.05) is 13.8 Å². The summed E-state index contributed by atoms with van der Waals surface area (Å²) in [6.07, 6.45) is 2.28. The Labute approximate surface area is 186 Å². The zero-order chi connectivity index (χ0) is 23.0. The van der Waals surface area contributed by atoms with Gasteiger partial charge in [0, 0.05) is 44.0 Å². The standard InChI is InChI=1S/C21H26N6O4S/c1-14-4-6-18(28)19(12-14)32(30,31)26-10-8-25(9-11-26)20(29)7-5-17-15(2)24-21-22-13-23-27(21)16(17)3/h4,6,12-13,28H,5,7-11H2,1-3H3. The minimum absolute atomic E-state index is 0.0297. The van der Waals surface area contributed by atoms with E-state index in [0.29, 0.717) is 31.7 Å². The number of fused-ring (bicyclic) bond motifs is 1. The molecule has 3 aromatic rings. The Balaban J connectivity index is 1.39. The number of carbonyl (C=O) groups is 1. The fraction of sp³-hybridized carbons (Fsp3) is 0.429. The van der Waals surface area contributed by atoms with Crippen LogP contribution in [-0.4, -0.2) is 74.4 Å². The van der Waals surface area contributed by atoms with Gasteiger partial charge in [-0.1, -0.05) is 6.07 Å². The second-order valence-electron chi connectivity index (χ2n) is 7.99. The van der Waals surface area contributed by atoms with E-state index in [-0.39, 0.29) is 29.6 Å². The molecule has 170 valence electrons. The fourth-order valence-corrected chi connectivity index (χ4v) is 5.64. The van der Waals surface area contributed by atoms with Crippen LogP contribution in [0.2, 0.25) is 0 Å². The third-order valence-corrected chi connectivity index (χ3v) is 7.83. The first-order valence-electron chi connectivity index (χ1n) is 10.4. The van der Waals surface area contributed by atoms with Crippen molar-refractivity contribution in [2.24, 2.45) is 0 Å². The lowest BCUT2D eigenvalue weighted by Crippen LogP contribution is -2.50. The van der Waals surface area contributed by atoms with E-state index < -0.39 is 10.0 Å². The van der Waals surface area contributed by atoms with Crippen LogP contribution in [0.4, 0.5) is 0 Å². The summed E-state index contributed by atoms with van der Waals surface area (Å²) >= 11 is 0. The number of benzene rings is 1. The number of aromatic nitrogens is 4. The number of phenols is 1. The maximum atomic E-state index is 12.9. The highest BCUT2D eigenvalue weighted by molar-refractivity contribution is 7.89. The minimum Gasteiger partial charge on any atom is -0.507 e. The minimum atomic E-state index is -3.82. The summed E-state index contributed by atoms with van der Waals surface area (Å²) in [5, 5.41) is 14.2. The molecule has 0 unspecified atom stereocenters. The van der Waals surface area contributed by atoms with E-state index in [2.05, 4.69) is 15.1 Å². The van der Waals surface area contributed by atoms with Gasteiger partial charge in [-0.3, -0.25) is 4.79 Å². The molecule has 10 nitrogen and oxygen atoms in total. The summed E-state index contributed by atoms with van der Waals surface area (Å²) < 4.78 is 28.9. The molecule has 0 saturated carbocycles. The number of hydrogen-bond acceptors (Lipinski definition) is 7. The van der Waals surface area contributed by atoms with Crippen molar-refractivity contribution in [3.8, 4) is 5.75 Å². The number of aromatic hydroxyl groups is 1. The summed E-state index contributed by atoms with van der Waals surface area (Å²) in [6, 6.07) is 4.51. The van der Waals surface area contributed by atoms with Gasteiger partial charge >= 0.3 is 0 Å². The molecule has 0 aliphatic carbocycles. The van der Waals surface area contributed by atoms with Crippen LogP contribution >= 0.6 is 0 Å². The largest absolute Gasteiger partial charge is 0.507 e.